The van der Waals surface area contributed by atoms with Crippen molar-refractivity contribution in [2.24, 2.45) is 0 Å². The molecule has 4 heteroatoms. The van der Waals surface area contributed by atoms with E-state index in [0.29, 0.717) is 6.54 Å². The number of nitriles is 1. The normalized spacial score (nSPS) is 30.1. The van der Waals surface area contributed by atoms with Crippen LogP contribution in [0.2, 0.25) is 19.6 Å². The first kappa shape index (κ1) is 14.4. The van der Waals surface area contributed by atoms with Crippen molar-refractivity contribution in [3.63, 3.8) is 0 Å². The van der Waals surface area contributed by atoms with Gasteiger partial charge in [-0.15, -0.1) is 0 Å². The van der Waals surface area contributed by atoms with E-state index in [1.54, 1.807) is 0 Å². The van der Waals surface area contributed by atoms with E-state index in [9.17, 15) is 5.11 Å². The van der Waals surface area contributed by atoms with Gasteiger partial charge in [-0.05, 0) is 26.3 Å². The van der Waals surface area contributed by atoms with Crippen molar-refractivity contribution in [2.45, 2.75) is 50.5 Å². The van der Waals surface area contributed by atoms with Crippen molar-refractivity contribution in [3.05, 3.63) is 11.8 Å². The maximum atomic E-state index is 10.7. The molecule has 1 rings (SSSR count). The van der Waals surface area contributed by atoms with Gasteiger partial charge in [0.2, 0.25) is 0 Å². The van der Waals surface area contributed by atoms with Crippen molar-refractivity contribution >= 4 is 8.07 Å². The van der Waals surface area contributed by atoms with Crippen LogP contribution in [0.4, 0.5) is 0 Å². The Morgan fingerprint density at radius 1 is 1.53 bits per heavy atom. The number of nitrogens with zero attached hydrogens (tertiary/aromatic N) is 2. The first-order chi connectivity index (χ1) is 7.78. The van der Waals surface area contributed by atoms with Crippen LogP contribution in [-0.4, -0.2) is 43.3 Å². The third-order valence-electron chi connectivity index (χ3n) is 3.36. The number of aliphatic hydroxyl groups is 1. The fraction of sp³-hybridized carbons (Fsp3) is 0.769. The highest BCUT2D eigenvalue weighted by atomic mass is 28.3. The maximum Gasteiger partial charge on any atom is 0.0978 e. The van der Waals surface area contributed by atoms with Gasteiger partial charge in [-0.1, -0.05) is 31.4 Å². The van der Waals surface area contributed by atoms with Gasteiger partial charge in [-0.2, -0.15) is 5.26 Å². The Balaban J connectivity index is 2.80. The molecule has 1 fully saturated rings. The van der Waals surface area contributed by atoms with Crippen molar-refractivity contribution in [1.82, 2.24) is 4.90 Å². The van der Waals surface area contributed by atoms with Gasteiger partial charge in [0.1, 0.15) is 0 Å². The molecule has 1 N–H and O–H groups in total. The van der Waals surface area contributed by atoms with Crippen LogP contribution in [0.5, 0.6) is 0 Å². The van der Waals surface area contributed by atoms with Crippen molar-refractivity contribution in [3.8, 4) is 6.07 Å². The van der Waals surface area contributed by atoms with Gasteiger partial charge in [-0.3, -0.25) is 4.90 Å². The van der Waals surface area contributed by atoms with E-state index in [2.05, 4.69) is 31.4 Å². The molecule has 0 aromatic rings. The van der Waals surface area contributed by atoms with Crippen LogP contribution >= 0.6 is 0 Å². The van der Waals surface area contributed by atoms with Crippen LogP contribution in [0.3, 0.4) is 0 Å². The topological polar surface area (TPSA) is 47.3 Å². The van der Waals surface area contributed by atoms with Gasteiger partial charge in [0, 0.05) is 6.04 Å². The summed E-state index contributed by atoms with van der Waals surface area (Å²) < 4.78 is 0. The van der Waals surface area contributed by atoms with Crippen LogP contribution < -0.4 is 0 Å². The average Bonchev–Trinajstić information content (AvgIpc) is 2.58. The van der Waals surface area contributed by atoms with E-state index in [1.807, 2.05) is 18.0 Å². The SMILES string of the molecule is CN(CC#N)C1CCCC1(O)C=C[Si](C)(C)C. The largest absolute Gasteiger partial charge is 0.384 e. The Kier molecular flexibility index (Phi) is 4.53. The summed E-state index contributed by atoms with van der Waals surface area (Å²) in [5.74, 6) is 0. The van der Waals surface area contributed by atoms with E-state index in [1.165, 1.54) is 0 Å². The van der Waals surface area contributed by atoms with Crippen LogP contribution in [0, 0.1) is 11.3 Å². The van der Waals surface area contributed by atoms with E-state index in [-0.39, 0.29) is 6.04 Å². The Bertz CT molecular complexity index is 329. The molecular weight excluding hydrogens is 228 g/mol. The zero-order valence-corrected chi connectivity index (χ0v) is 12.4. The smallest absolute Gasteiger partial charge is 0.0978 e. The molecule has 0 amide bonds. The lowest BCUT2D eigenvalue weighted by Crippen LogP contribution is -2.46. The van der Waals surface area contributed by atoms with Crippen molar-refractivity contribution in [2.75, 3.05) is 13.6 Å². The van der Waals surface area contributed by atoms with E-state index < -0.39 is 13.7 Å². The summed E-state index contributed by atoms with van der Waals surface area (Å²) in [5, 5.41) is 19.4. The van der Waals surface area contributed by atoms with E-state index >= 15 is 0 Å². The summed E-state index contributed by atoms with van der Waals surface area (Å²) in [6.07, 6.45) is 4.83. The van der Waals surface area contributed by atoms with Crippen molar-refractivity contribution < 1.29 is 5.11 Å². The van der Waals surface area contributed by atoms with Crippen molar-refractivity contribution in [1.29, 1.82) is 5.26 Å². The molecule has 3 nitrogen and oxygen atoms in total. The molecule has 0 bridgehead atoms. The Morgan fingerprint density at radius 2 is 2.18 bits per heavy atom. The van der Waals surface area contributed by atoms with Crippen LogP contribution in [0.25, 0.3) is 0 Å². The fourth-order valence-corrected chi connectivity index (χ4v) is 3.20. The van der Waals surface area contributed by atoms with Gasteiger partial charge < -0.3 is 5.11 Å². The molecule has 0 radical (unpaired) electrons. The summed E-state index contributed by atoms with van der Waals surface area (Å²) in [6, 6.07) is 2.25. The number of hydrogen-bond donors (Lipinski definition) is 1. The molecule has 17 heavy (non-hydrogen) atoms. The lowest BCUT2D eigenvalue weighted by Gasteiger charge is -2.33. The number of likely N-dealkylation sites (N-methyl/N-ethyl adjacent to an activating group) is 1. The second-order valence-corrected chi connectivity index (χ2v) is 11.2. The van der Waals surface area contributed by atoms with Crippen LogP contribution in [0.15, 0.2) is 11.8 Å². The first-order valence-corrected chi connectivity index (χ1v) is 9.86. The monoisotopic (exact) mass is 252 g/mol. The molecule has 1 saturated carbocycles. The standard InChI is InChI=1S/C13H24N2OSi/c1-15(10-9-14)12-6-5-7-13(12,16)8-11-17(2,3)4/h8,11-12,16H,5-7,10H2,1-4H3. The zero-order chi connectivity index (χ0) is 13.1. The number of hydrogen-bond acceptors (Lipinski definition) is 3. The van der Waals surface area contributed by atoms with Gasteiger partial charge in [0.25, 0.3) is 0 Å². The predicted octanol–water partition coefficient (Wildman–Crippen LogP) is 2.16. The second kappa shape index (κ2) is 5.34. The minimum Gasteiger partial charge on any atom is -0.384 e. The molecule has 0 aromatic heterocycles. The molecule has 1 aliphatic rings. The van der Waals surface area contributed by atoms with Crippen LogP contribution in [0.1, 0.15) is 19.3 Å². The third-order valence-corrected chi connectivity index (χ3v) is 4.52. The minimum atomic E-state index is -1.28. The lowest BCUT2D eigenvalue weighted by atomic mass is 9.97. The summed E-state index contributed by atoms with van der Waals surface area (Å²) in [6.45, 7) is 7.16. The average molecular weight is 252 g/mol. The molecule has 0 aliphatic heterocycles. The van der Waals surface area contributed by atoms with Crippen LogP contribution in [-0.2, 0) is 0 Å². The second-order valence-electron chi connectivity index (χ2n) is 6.17. The van der Waals surface area contributed by atoms with Gasteiger partial charge in [0.15, 0.2) is 0 Å². The predicted molar refractivity (Wildman–Crippen MR) is 73.3 cm³/mol. The Morgan fingerprint density at radius 3 is 2.71 bits per heavy atom. The molecule has 1 aliphatic carbocycles. The van der Waals surface area contributed by atoms with Gasteiger partial charge in [-0.25, -0.2) is 0 Å². The van der Waals surface area contributed by atoms with E-state index in [0.717, 1.165) is 19.3 Å². The molecule has 0 aromatic carbocycles. The summed E-state index contributed by atoms with van der Waals surface area (Å²) in [4.78, 5) is 1.97. The van der Waals surface area contributed by atoms with E-state index in [4.69, 9.17) is 5.26 Å². The highest BCUT2D eigenvalue weighted by Crippen LogP contribution is 2.34. The zero-order valence-electron chi connectivity index (χ0n) is 11.4. The summed E-state index contributed by atoms with van der Waals surface area (Å²) >= 11 is 0. The highest BCUT2D eigenvalue weighted by Gasteiger charge is 2.41. The highest BCUT2D eigenvalue weighted by molar-refractivity contribution is 6.80. The molecule has 0 heterocycles. The van der Waals surface area contributed by atoms with Gasteiger partial charge in [0.05, 0.1) is 26.3 Å². The first-order valence-electron chi connectivity index (χ1n) is 6.28. The Labute approximate surface area is 106 Å². The minimum absolute atomic E-state index is 0.0924. The Hall–Kier alpha value is -0.633. The molecular formula is C13H24N2OSi. The summed E-state index contributed by atoms with van der Waals surface area (Å²) in [7, 11) is 0.644. The molecule has 0 spiro atoms. The molecule has 2 atom stereocenters. The lowest BCUT2D eigenvalue weighted by molar-refractivity contribution is 0.0257. The molecule has 0 saturated heterocycles. The molecule has 96 valence electrons. The maximum absolute atomic E-state index is 10.7. The quantitative estimate of drug-likeness (QED) is 0.616. The molecule has 2 unspecified atom stereocenters. The number of rotatable bonds is 4. The third kappa shape index (κ3) is 3.95. The fourth-order valence-electron chi connectivity index (χ4n) is 2.41. The summed E-state index contributed by atoms with van der Waals surface area (Å²) in [5.41, 5.74) is 1.48. The van der Waals surface area contributed by atoms with Gasteiger partial charge >= 0.3 is 0 Å².